The van der Waals surface area contributed by atoms with Crippen LogP contribution in [-0.2, 0) is 0 Å². The van der Waals surface area contributed by atoms with E-state index in [4.69, 9.17) is 4.52 Å². The van der Waals surface area contributed by atoms with Gasteiger partial charge in [0.15, 0.2) is 0 Å². The smallest absolute Gasteiger partial charge is 0.147 e. The van der Waals surface area contributed by atoms with E-state index in [0.717, 1.165) is 11.4 Å². The zero-order chi connectivity index (χ0) is 5.40. The Morgan fingerprint density at radius 3 is 3.50 bits per heavy atom. The van der Waals surface area contributed by atoms with Crippen LogP contribution in [0.25, 0.3) is 11.4 Å². The highest BCUT2D eigenvalue weighted by molar-refractivity contribution is 5.52. The van der Waals surface area contributed by atoms with Crippen LogP contribution in [0.5, 0.6) is 0 Å². The number of aromatic nitrogens is 2. The van der Waals surface area contributed by atoms with Gasteiger partial charge in [0, 0.05) is 6.20 Å². The zero-order valence-corrected chi connectivity index (χ0v) is 4.09. The number of aromatic amines is 1. The second-order valence-corrected chi connectivity index (χ2v) is 1.58. The van der Waals surface area contributed by atoms with E-state index in [1.54, 1.807) is 12.5 Å². The van der Waals surface area contributed by atoms with Gasteiger partial charge in [-0.1, -0.05) is 0 Å². The van der Waals surface area contributed by atoms with Gasteiger partial charge < -0.3 is 4.52 Å². The Balaban J connectivity index is 2.84. The van der Waals surface area contributed by atoms with Gasteiger partial charge in [-0.15, -0.1) is 0 Å². The summed E-state index contributed by atoms with van der Waals surface area (Å²) in [6, 6.07) is 1.86. The van der Waals surface area contributed by atoms with E-state index in [1.165, 1.54) is 0 Å². The number of nitrogens with one attached hydrogen (secondary N) is 1. The normalized spacial score (nSPS) is 10.5. The molecule has 0 aromatic carbocycles. The highest BCUT2D eigenvalue weighted by Crippen LogP contribution is 2.15. The van der Waals surface area contributed by atoms with Gasteiger partial charge in [0.05, 0.1) is 0 Å². The Hall–Kier alpha value is -1.25. The molecule has 2 aliphatic heterocycles. The first-order chi connectivity index (χ1) is 3.97. The lowest BCUT2D eigenvalue weighted by Gasteiger charge is -1.72. The van der Waals surface area contributed by atoms with Crippen LogP contribution in [0.1, 0.15) is 0 Å². The number of hydrogen-bond donors (Lipinski definition) is 1. The Morgan fingerprint density at radius 1 is 1.62 bits per heavy atom. The fourth-order valence-corrected chi connectivity index (χ4v) is 0.676. The van der Waals surface area contributed by atoms with Gasteiger partial charge >= 0.3 is 0 Å². The van der Waals surface area contributed by atoms with Crippen molar-refractivity contribution in [2.24, 2.45) is 0 Å². The molecule has 0 saturated carbocycles. The topological polar surface area (TPSA) is 41.8 Å². The van der Waals surface area contributed by atoms with Crippen molar-refractivity contribution < 1.29 is 4.52 Å². The Morgan fingerprint density at radius 2 is 2.62 bits per heavy atom. The standard InChI is InChI=1S/C5H4N2O/c1-2-6-5-3-8-7-4(1)5/h1-3,7H. The quantitative estimate of drug-likeness (QED) is 0.549. The molecule has 0 unspecified atom stereocenters. The lowest BCUT2D eigenvalue weighted by atomic mass is 10.4. The highest BCUT2D eigenvalue weighted by atomic mass is 16.5. The molecule has 0 bridgehead atoms. The van der Waals surface area contributed by atoms with Crippen molar-refractivity contribution in [2.75, 3.05) is 0 Å². The highest BCUT2D eigenvalue weighted by Gasteiger charge is 2.02. The lowest BCUT2D eigenvalue weighted by molar-refractivity contribution is 0.424. The van der Waals surface area contributed by atoms with Crippen LogP contribution < -0.4 is 0 Å². The Kier molecular flexibility index (Phi) is 0.521. The van der Waals surface area contributed by atoms with Crippen LogP contribution in [0.4, 0.5) is 0 Å². The minimum Gasteiger partial charge on any atom is -0.388 e. The first kappa shape index (κ1) is 3.72. The first-order valence-corrected chi connectivity index (χ1v) is 2.33. The van der Waals surface area contributed by atoms with Crippen molar-refractivity contribution in [1.29, 1.82) is 0 Å². The third-order valence-corrected chi connectivity index (χ3v) is 1.07. The van der Waals surface area contributed by atoms with Crippen molar-refractivity contribution in [3.05, 3.63) is 18.5 Å². The molecule has 0 aromatic heterocycles. The summed E-state index contributed by atoms with van der Waals surface area (Å²) < 4.78 is 4.72. The van der Waals surface area contributed by atoms with Crippen LogP contribution in [0.2, 0.25) is 0 Å². The minimum atomic E-state index is 0.880. The lowest BCUT2D eigenvalue weighted by Crippen LogP contribution is -1.63. The summed E-state index contributed by atoms with van der Waals surface area (Å²) in [5.41, 5.74) is 1.83. The third kappa shape index (κ3) is 0.307. The van der Waals surface area contributed by atoms with Gasteiger partial charge in [-0.2, -0.15) is 0 Å². The van der Waals surface area contributed by atoms with Gasteiger partial charge in [-0.05, 0) is 6.07 Å². The molecule has 2 aliphatic rings. The molecule has 2 heterocycles. The molecule has 3 nitrogen and oxygen atoms in total. The van der Waals surface area contributed by atoms with Crippen molar-refractivity contribution in [2.45, 2.75) is 0 Å². The molecular weight excluding hydrogens is 104 g/mol. The maximum Gasteiger partial charge on any atom is 0.147 e. The van der Waals surface area contributed by atoms with Gasteiger partial charge in [-0.3, -0.25) is 4.98 Å². The SMILES string of the molecule is c1cc2[nH]occ-2n1. The second-order valence-electron chi connectivity index (χ2n) is 1.58. The van der Waals surface area contributed by atoms with Crippen molar-refractivity contribution in [3.8, 4) is 11.4 Å². The molecule has 0 spiro atoms. The van der Waals surface area contributed by atoms with E-state index in [-0.39, 0.29) is 0 Å². The van der Waals surface area contributed by atoms with E-state index >= 15 is 0 Å². The summed E-state index contributed by atoms with van der Waals surface area (Å²) in [5.74, 6) is 0. The molecule has 1 N–H and O–H groups in total. The average molecular weight is 108 g/mol. The molecule has 0 fully saturated rings. The average Bonchev–Trinajstić information content (AvgIpc) is 2.15. The Labute approximate surface area is 45.6 Å². The molecule has 0 aliphatic carbocycles. The predicted octanol–water partition coefficient (Wildman–Crippen LogP) is 1.11. The summed E-state index contributed by atoms with van der Waals surface area (Å²) in [6.45, 7) is 0. The molecular formula is C5H4N2O. The van der Waals surface area contributed by atoms with Crippen molar-refractivity contribution in [3.63, 3.8) is 0 Å². The van der Waals surface area contributed by atoms with E-state index in [0.29, 0.717) is 0 Å². The first-order valence-electron chi connectivity index (χ1n) is 2.33. The summed E-state index contributed by atoms with van der Waals surface area (Å²) >= 11 is 0. The fraction of sp³-hybridized carbons (Fsp3) is 0. The zero-order valence-electron chi connectivity index (χ0n) is 4.09. The monoisotopic (exact) mass is 108 g/mol. The van der Waals surface area contributed by atoms with Gasteiger partial charge in [0.1, 0.15) is 17.7 Å². The van der Waals surface area contributed by atoms with E-state index in [2.05, 4.69) is 10.1 Å². The van der Waals surface area contributed by atoms with Crippen LogP contribution in [-0.4, -0.2) is 10.1 Å². The molecule has 0 saturated heterocycles. The number of nitrogens with zero attached hydrogens (tertiary/aromatic N) is 1. The molecule has 0 atom stereocenters. The van der Waals surface area contributed by atoms with Crippen molar-refractivity contribution in [1.82, 2.24) is 10.1 Å². The maximum absolute atomic E-state index is 4.72. The van der Waals surface area contributed by atoms with Crippen LogP contribution >= 0.6 is 0 Å². The van der Waals surface area contributed by atoms with Crippen LogP contribution in [0.15, 0.2) is 23.0 Å². The molecule has 8 heavy (non-hydrogen) atoms. The number of H-pyrrole nitrogens is 1. The summed E-state index contributed by atoms with van der Waals surface area (Å²) in [6.07, 6.45) is 3.31. The predicted molar refractivity (Wildman–Crippen MR) is 27.5 cm³/mol. The largest absolute Gasteiger partial charge is 0.388 e. The number of rotatable bonds is 0. The van der Waals surface area contributed by atoms with Gasteiger partial charge in [0.25, 0.3) is 0 Å². The van der Waals surface area contributed by atoms with E-state index in [9.17, 15) is 0 Å². The maximum atomic E-state index is 4.72. The fourth-order valence-electron chi connectivity index (χ4n) is 0.676. The second kappa shape index (κ2) is 1.12. The van der Waals surface area contributed by atoms with Crippen LogP contribution in [0.3, 0.4) is 0 Å². The van der Waals surface area contributed by atoms with E-state index in [1.807, 2.05) is 6.07 Å². The summed E-state index contributed by atoms with van der Waals surface area (Å²) in [4.78, 5) is 3.95. The summed E-state index contributed by atoms with van der Waals surface area (Å²) in [7, 11) is 0. The Bertz CT molecular complexity index is 202. The van der Waals surface area contributed by atoms with E-state index < -0.39 is 0 Å². The molecule has 0 amide bonds. The van der Waals surface area contributed by atoms with Gasteiger partial charge in [-0.25, -0.2) is 5.16 Å². The third-order valence-electron chi connectivity index (χ3n) is 1.07. The minimum absolute atomic E-state index is 0.880. The van der Waals surface area contributed by atoms with Crippen molar-refractivity contribution >= 4 is 0 Å². The molecule has 0 radical (unpaired) electrons. The molecule has 2 rings (SSSR count). The number of hydrogen-bond acceptors (Lipinski definition) is 2. The van der Waals surface area contributed by atoms with Crippen LogP contribution in [0, 0.1) is 0 Å². The summed E-state index contributed by atoms with van der Waals surface area (Å²) in [5, 5.41) is 2.66. The molecule has 40 valence electrons. The molecule has 3 heteroatoms. The number of fused-ring (bicyclic) bond motifs is 1. The molecule has 0 aromatic rings. The van der Waals surface area contributed by atoms with Gasteiger partial charge in [0.2, 0.25) is 0 Å².